The second kappa shape index (κ2) is 8.65. The van der Waals surface area contributed by atoms with Crippen molar-refractivity contribution in [2.75, 3.05) is 12.4 Å². The minimum Gasteiger partial charge on any atom is -0.497 e. The summed E-state index contributed by atoms with van der Waals surface area (Å²) in [5.74, 6) is 1.07. The van der Waals surface area contributed by atoms with Gasteiger partial charge < -0.3 is 14.5 Å². The second-order valence-electron chi connectivity index (χ2n) is 6.99. The van der Waals surface area contributed by atoms with Gasteiger partial charge in [-0.2, -0.15) is 4.98 Å². The standard InChI is InChI=1S/C24H22N2O4S/c1-17-9-6-7-14-21(17)22-26-24(31(27,28)20-12-4-3-5-13-20)23(30-22)25-16-18-10-8-11-19(15-18)29-2/h3-15,25H,16H2,1-2H3. The first-order valence-corrected chi connectivity index (χ1v) is 11.2. The molecule has 3 aromatic carbocycles. The third kappa shape index (κ3) is 4.32. The second-order valence-corrected chi connectivity index (χ2v) is 8.85. The lowest BCUT2D eigenvalue weighted by atomic mass is 10.1. The average Bonchev–Trinajstić information content (AvgIpc) is 3.23. The fourth-order valence-corrected chi connectivity index (χ4v) is 4.50. The van der Waals surface area contributed by atoms with E-state index in [-0.39, 0.29) is 21.7 Å². The number of ether oxygens (including phenoxy) is 1. The molecule has 1 heterocycles. The maximum absolute atomic E-state index is 13.3. The molecular weight excluding hydrogens is 412 g/mol. The molecular formula is C24H22N2O4S. The molecule has 6 nitrogen and oxygen atoms in total. The van der Waals surface area contributed by atoms with Gasteiger partial charge in [-0.05, 0) is 48.4 Å². The van der Waals surface area contributed by atoms with Crippen molar-refractivity contribution in [3.05, 3.63) is 90.0 Å². The first-order chi connectivity index (χ1) is 15.0. The number of aromatic nitrogens is 1. The number of aryl methyl sites for hydroxylation is 1. The summed E-state index contributed by atoms with van der Waals surface area (Å²) in [6, 6.07) is 23.3. The lowest BCUT2D eigenvalue weighted by Gasteiger charge is -2.07. The molecule has 0 saturated heterocycles. The predicted molar refractivity (Wildman–Crippen MR) is 119 cm³/mol. The molecule has 0 aliphatic rings. The van der Waals surface area contributed by atoms with Gasteiger partial charge in [0.2, 0.25) is 26.6 Å². The molecule has 0 atom stereocenters. The maximum atomic E-state index is 13.3. The average molecular weight is 435 g/mol. The zero-order chi connectivity index (χ0) is 21.8. The topological polar surface area (TPSA) is 81.4 Å². The summed E-state index contributed by atoms with van der Waals surface area (Å²) in [6.07, 6.45) is 0. The minimum absolute atomic E-state index is 0.102. The van der Waals surface area contributed by atoms with Gasteiger partial charge >= 0.3 is 0 Å². The van der Waals surface area contributed by atoms with Crippen LogP contribution in [0.15, 0.2) is 93.2 Å². The van der Waals surface area contributed by atoms with E-state index in [1.807, 2.05) is 55.5 Å². The Hall–Kier alpha value is -3.58. The van der Waals surface area contributed by atoms with Crippen molar-refractivity contribution in [3.63, 3.8) is 0 Å². The number of oxazole rings is 1. The van der Waals surface area contributed by atoms with Crippen LogP contribution in [0.5, 0.6) is 5.75 Å². The van der Waals surface area contributed by atoms with E-state index < -0.39 is 9.84 Å². The third-order valence-corrected chi connectivity index (χ3v) is 6.55. The van der Waals surface area contributed by atoms with Crippen LogP contribution in [-0.2, 0) is 16.4 Å². The number of rotatable bonds is 7. The summed E-state index contributed by atoms with van der Waals surface area (Å²) >= 11 is 0. The quantitative estimate of drug-likeness (QED) is 0.436. The highest BCUT2D eigenvalue weighted by atomic mass is 32.2. The predicted octanol–water partition coefficient (Wildman–Crippen LogP) is 5.10. The highest BCUT2D eigenvalue weighted by Crippen LogP contribution is 2.33. The van der Waals surface area contributed by atoms with Gasteiger partial charge in [0.1, 0.15) is 5.75 Å². The number of hydrogen-bond donors (Lipinski definition) is 1. The first-order valence-electron chi connectivity index (χ1n) is 9.73. The summed E-state index contributed by atoms with van der Waals surface area (Å²) < 4.78 is 37.8. The van der Waals surface area contributed by atoms with Crippen LogP contribution in [0.25, 0.3) is 11.5 Å². The Labute approximate surface area is 181 Å². The Balaban J connectivity index is 1.76. The van der Waals surface area contributed by atoms with Crippen molar-refractivity contribution < 1.29 is 17.6 Å². The zero-order valence-corrected chi connectivity index (χ0v) is 18.0. The number of anilines is 1. The third-order valence-electron chi connectivity index (χ3n) is 4.87. The van der Waals surface area contributed by atoms with Crippen molar-refractivity contribution in [1.82, 2.24) is 4.98 Å². The van der Waals surface area contributed by atoms with Gasteiger partial charge in [0.05, 0.1) is 12.0 Å². The molecule has 4 rings (SSSR count). The number of sulfone groups is 1. The number of nitrogens with zero attached hydrogens (tertiary/aromatic N) is 1. The lowest BCUT2D eigenvalue weighted by Crippen LogP contribution is -2.07. The van der Waals surface area contributed by atoms with Crippen LogP contribution in [0.4, 0.5) is 5.88 Å². The van der Waals surface area contributed by atoms with Crippen LogP contribution < -0.4 is 10.1 Å². The molecule has 0 fully saturated rings. The van der Waals surface area contributed by atoms with Gasteiger partial charge in [0.15, 0.2) is 0 Å². The Morgan fingerprint density at radius 1 is 0.968 bits per heavy atom. The van der Waals surface area contributed by atoms with E-state index in [0.717, 1.165) is 22.4 Å². The number of hydrogen-bond acceptors (Lipinski definition) is 6. The number of benzene rings is 3. The number of nitrogens with one attached hydrogen (secondary N) is 1. The van der Waals surface area contributed by atoms with Crippen LogP contribution in [0.3, 0.4) is 0 Å². The van der Waals surface area contributed by atoms with Gasteiger partial charge in [0, 0.05) is 12.1 Å². The van der Waals surface area contributed by atoms with Gasteiger partial charge in [-0.25, -0.2) is 8.42 Å². The molecule has 158 valence electrons. The van der Waals surface area contributed by atoms with Crippen LogP contribution in [-0.4, -0.2) is 20.5 Å². The molecule has 0 saturated carbocycles. The lowest BCUT2D eigenvalue weighted by molar-refractivity contribution is 0.414. The molecule has 4 aromatic rings. The van der Waals surface area contributed by atoms with Crippen molar-refractivity contribution in [2.45, 2.75) is 23.4 Å². The minimum atomic E-state index is -3.88. The van der Waals surface area contributed by atoms with E-state index in [1.54, 1.807) is 37.4 Å². The van der Waals surface area contributed by atoms with Crippen LogP contribution in [0.2, 0.25) is 0 Å². The molecule has 1 N–H and O–H groups in total. The highest BCUT2D eigenvalue weighted by Gasteiger charge is 2.28. The molecule has 0 radical (unpaired) electrons. The van der Waals surface area contributed by atoms with Gasteiger partial charge in [-0.3, -0.25) is 0 Å². The summed E-state index contributed by atoms with van der Waals surface area (Å²) in [5.41, 5.74) is 2.59. The van der Waals surface area contributed by atoms with Crippen molar-refractivity contribution in [2.24, 2.45) is 0 Å². The van der Waals surface area contributed by atoms with E-state index in [1.165, 1.54) is 0 Å². The fraction of sp³-hybridized carbons (Fsp3) is 0.125. The zero-order valence-electron chi connectivity index (χ0n) is 17.2. The molecule has 7 heteroatoms. The van der Waals surface area contributed by atoms with E-state index >= 15 is 0 Å². The normalized spacial score (nSPS) is 11.3. The summed E-state index contributed by atoms with van der Waals surface area (Å²) in [4.78, 5) is 4.55. The van der Waals surface area contributed by atoms with E-state index in [2.05, 4.69) is 10.3 Å². The monoisotopic (exact) mass is 434 g/mol. The maximum Gasteiger partial charge on any atom is 0.234 e. The van der Waals surface area contributed by atoms with E-state index in [0.29, 0.717) is 6.54 Å². The van der Waals surface area contributed by atoms with Crippen molar-refractivity contribution in [1.29, 1.82) is 0 Å². The molecule has 1 aromatic heterocycles. The molecule has 0 amide bonds. The Morgan fingerprint density at radius 2 is 1.71 bits per heavy atom. The van der Waals surface area contributed by atoms with E-state index in [4.69, 9.17) is 9.15 Å². The summed E-state index contributed by atoms with van der Waals surface area (Å²) in [6.45, 7) is 2.27. The SMILES string of the molecule is COc1cccc(CNc2oc(-c3ccccc3C)nc2S(=O)(=O)c2ccccc2)c1. The molecule has 0 spiro atoms. The van der Waals surface area contributed by atoms with Crippen molar-refractivity contribution >= 4 is 15.7 Å². The van der Waals surface area contributed by atoms with Crippen LogP contribution in [0, 0.1) is 6.92 Å². The molecule has 0 unspecified atom stereocenters. The largest absolute Gasteiger partial charge is 0.497 e. The Bertz CT molecular complexity index is 1300. The molecule has 0 aliphatic carbocycles. The van der Waals surface area contributed by atoms with Gasteiger partial charge in [0.25, 0.3) is 0 Å². The number of methoxy groups -OCH3 is 1. The Kier molecular flexibility index (Phi) is 5.77. The van der Waals surface area contributed by atoms with Crippen LogP contribution in [0.1, 0.15) is 11.1 Å². The Morgan fingerprint density at radius 3 is 2.45 bits per heavy atom. The fourth-order valence-electron chi connectivity index (χ4n) is 3.20. The van der Waals surface area contributed by atoms with Gasteiger partial charge in [-0.1, -0.05) is 48.5 Å². The summed E-state index contributed by atoms with van der Waals surface area (Å²) in [7, 11) is -2.28. The van der Waals surface area contributed by atoms with Crippen molar-refractivity contribution in [3.8, 4) is 17.2 Å². The van der Waals surface area contributed by atoms with Crippen LogP contribution >= 0.6 is 0 Å². The molecule has 31 heavy (non-hydrogen) atoms. The molecule has 0 bridgehead atoms. The highest BCUT2D eigenvalue weighted by molar-refractivity contribution is 7.91. The summed E-state index contributed by atoms with van der Waals surface area (Å²) in [5, 5.41) is 2.96. The van der Waals surface area contributed by atoms with E-state index in [9.17, 15) is 8.42 Å². The smallest absolute Gasteiger partial charge is 0.234 e. The molecule has 0 aliphatic heterocycles. The first kappa shape index (κ1) is 20.7. The van der Waals surface area contributed by atoms with Gasteiger partial charge in [-0.15, -0.1) is 0 Å².